The van der Waals surface area contributed by atoms with Crippen LogP contribution in [0.5, 0.6) is 0 Å². The van der Waals surface area contributed by atoms with Crippen molar-refractivity contribution in [2.24, 2.45) is 14.1 Å². The Morgan fingerprint density at radius 2 is 1.75 bits per heavy atom. The smallest absolute Gasteiger partial charge is 0.197 e. The van der Waals surface area contributed by atoms with E-state index in [1.165, 1.54) is 0 Å². The third-order valence-electron chi connectivity index (χ3n) is 4.26. The molecule has 4 aromatic rings. The molecule has 0 amide bonds. The summed E-state index contributed by atoms with van der Waals surface area (Å²) >= 11 is 0. The molecule has 116 valence electrons. The van der Waals surface area contributed by atoms with Gasteiger partial charge in [-0.05, 0) is 36.3 Å². The number of rotatable bonds is 0. The Bertz CT molecular complexity index is 1200. The van der Waals surface area contributed by atoms with E-state index >= 15 is 0 Å². The second kappa shape index (κ2) is 5.39. The van der Waals surface area contributed by atoms with E-state index in [1.54, 1.807) is 12.5 Å². The monoisotopic (exact) mass is 313 g/mol. The number of pyridine rings is 1. The van der Waals surface area contributed by atoms with Gasteiger partial charge in [0.1, 0.15) is 5.69 Å². The molecule has 0 fully saturated rings. The Labute approximate surface area is 139 Å². The minimum atomic E-state index is 0.0443. The molecule has 2 heterocycles. The number of benzene rings is 2. The van der Waals surface area contributed by atoms with Gasteiger partial charge in [0.15, 0.2) is 5.43 Å². The third-order valence-corrected chi connectivity index (χ3v) is 4.26. The van der Waals surface area contributed by atoms with Crippen molar-refractivity contribution < 1.29 is 0 Å². The predicted octanol–water partition coefficient (Wildman–Crippen LogP) is 2.83. The summed E-state index contributed by atoms with van der Waals surface area (Å²) in [5.41, 5.74) is 3.54. The lowest BCUT2D eigenvalue weighted by atomic mass is 10.1. The number of imidazole rings is 1. The van der Waals surface area contributed by atoms with Crippen LogP contribution in [0.4, 0.5) is 0 Å². The highest BCUT2D eigenvalue weighted by Gasteiger charge is 2.08. The Balaban J connectivity index is 1.95. The van der Waals surface area contributed by atoms with E-state index in [0.29, 0.717) is 5.39 Å². The summed E-state index contributed by atoms with van der Waals surface area (Å²) in [7, 11) is 3.88. The highest BCUT2D eigenvalue weighted by molar-refractivity contribution is 5.93. The highest BCUT2D eigenvalue weighted by atomic mass is 16.1. The highest BCUT2D eigenvalue weighted by Crippen LogP contribution is 2.18. The Morgan fingerprint density at radius 3 is 2.54 bits per heavy atom. The molecule has 4 heteroatoms. The van der Waals surface area contributed by atoms with Gasteiger partial charge in [-0.1, -0.05) is 18.1 Å². The minimum Gasteiger partial charge on any atom is -0.343 e. The molecule has 0 aliphatic heterocycles. The van der Waals surface area contributed by atoms with Crippen LogP contribution in [0.2, 0.25) is 0 Å². The fraction of sp³-hybridized carbons (Fsp3) is 0.100. The fourth-order valence-corrected chi connectivity index (χ4v) is 2.93. The molecule has 2 aromatic carbocycles. The lowest BCUT2D eigenvalue weighted by Crippen LogP contribution is -2.09. The average molecular weight is 313 g/mol. The molecule has 0 bridgehead atoms. The maximum absolute atomic E-state index is 12.8. The van der Waals surface area contributed by atoms with Crippen molar-refractivity contribution in [2.45, 2.75) is 0 Å². The first-order valence-electron chi connectivity index (χ1n) is 7.65. The molecule has 0 aliphatic carbocycles. The van der Waals surface area contributed by atoms with E-state index in [9.17, 15) is 4.79 Å². The van der Waals surface area contributed by atoms with Crippen molar-refractivity contribution >= 4 is 21.8 Å². The van der Waals surface area contributed by atoms with Gasteiger partial charge >= 0.3 is 0 Å². The largest absolute Gasteiger partial charge is 0.343 e. The molecule has 0 unspecified atom stereocenters. The molecule has 4 nitrogen and oxygen atoms in total. The molecule has 0 saturated heterocycles. The van der Waals surface area contributed by atoms with Crippen molar-refractivity contribution in [1.29, 1.82) is 0 Å². The van der Waals surface area contributed by atoms with E-state index < -0.39 is 0 Å². The van der Waals surface area contributed by atoms with Crippen molar-refractivity contribution in [2.75, 3.05) is 0 Å². The summed E-state index contributed by atoms with van der Waals surface area (Å²) in [6.07, 6.45) is 3.44. The molecule has 0 atom stereocenters. The van der Waals surface area contributed by atoms with Crippen LogP contribution in [0.25, 0.3) is 21.8 Å². The second-order valence-corrected chi connectivity index (χ2v) is 5.78. The van der Waals surface area contributed by atoms with E-state index in [1.807, 2.05) is 65.7 Å². The van der Waals surface area contributed by atoms with Crippen LogP contribution in [0.3, 0.4) is 0 Å². The quantitative estimate of drug-likeness (QED) is 0.370. The van der Waals surface area contributed by atoms with E-state index in [4.69, 9.17) is 0 Å². The van der Waals surface area contributed by atoms with E-state index in [2.05, 4.69) is 16.8 Å². The molecule has 4 rings (SSSR count). The SMILES string of the molecule is Cn1cncc1C#Cc1ccc2c(c1)c(=O)c1ccccc1n2C. The number of aryl methyl sites for hydroxylation is 2. The van der Waals surface area contributed by atoms with Gasteiger partial charge in [0.2, 0.25) is 0 Å². The maximum Gasteiger partial charge on any atom is 0.197 e. The summed E-state index contributed by atoms with van der Waals surface area (Å²) in [4.78, 5) is 16.9. The maximum atomic E-state index is 12.8. The molecule has 2 aromatic heterocycles. The number of nitrogens with zero attached hydrogens (tertiary/aromatic N) is 3. The van der Waals surface area contributed by atoms with Crippen LogP contribution in [0.15, 0.2) is 59.8 Å². The van der Waals surface area contributed by atoms with E-state index in [-0.39, 0.29) is 5.43 Å². The van der Waals surface area contributed by atoms with Crippen molar-refractivity contribution in [3.05, 3.63) is 76.5 Å². The normalized spacial score (nSPS) is 10.8. The van der Waals surface area contributed by atoms with Gasteiger partial charge < -0.3 is 9.13 Å². The molecule has 0 saturated carbocycles. The number of aromatic nitrogens is 3. The van der Waals surface area contributed by atoms with Crippen LogP contribution in [0.1, 0.15) is 11.3 Å². The Kier molecular flexibility index (Phi) is 3.21. The second-order valence-electron chi connectivity index (χ2n) is 5.78. The topological polar surface area (TPSA) is 39.8 Å². The van der Waals surface area contributed by atoms with Crippen LogP contribution in [-0.2, 0) is 14.1 Å². The molecular weight excluding hydrogens is 298 g/mol. The molecule has 0 aliphatic rings. The Hall–Kier alpha value is -3.32. The third kappa shape index (κ3) is 2.19. The van der Waals surface area contributed by atoms with Gasteiger partial charge in [-0.3, -0.25) is 4.79 Å². The lowest BCUT2D eigenvalue weighted by Gasteiger charge is -2.10. The number of hydrogen-bond acceptors (Lipinski definition) is 2. The fourth-order valence-electron chi connectivity index (χ4n) is 2.93. The van der Waals surface area contributed by atoms with Gasteiger partial charge in [0.25, 0.3) is 0 Å². The van der Waals surface area contributed by atoms with Crippen molar-refractivity contribution in [3.63, 3.8) is 0 Å². The summed E-state index contributed by atoms with van der Waals surface area (Å²) in [5.74, 6) is 6.20. The molecule has 0 radical (unpaired) electrons. The van der Waals surface area contributed by atoms with Crippen LogP contribution < -0.4 is 5.43 Å². The van der Waals surface area contributed by atoms with Gasteiger partial charge in [0.05, 0.1) is 23.6 Å². The molecule has 0 spiro atoms. The first-order valence-corrected chi connectivity index (χ1v) is 7.65. The zero-order valence-corrected chi connectivity index (χ0v) is 13.4. The van der Waals surface area contributed by atoms with Crippen LogP contribution in [-0.4, -0.2) is 14.1 Å². The van der Waals surface area contributed by atoms with Gasteiger partial charge in [-0.15, -0.1) is 0 Å². The van der Waals surface area contributed by atoms with Gasteiger partial charge in [0, 0.05) is 30.4 Å². The number of fused-ring (bicyclic) bond motifs is 2. The number of para-hydroxylation sites is 1. The zero-order chi connectivity index (χ0) is 16.7. The molecule has 24 heavy (non-hydrogen) atoms. The van der Waals surface area contributed by atoms with Gasteiger partial charge in [-0.25, -0.2) is 4.98 Å². The lowest BCUT2D eigenvalue weighted by molar-refractivity contribution is 0.899. The van der Waals surface area contributed by atoms with Crippen LogP contribution >= 0.6 is 0 Å². The molecule has 0 N–H and O–H groups in total. The van der Waals surface area contributed by atoms with Crippen molar-refractivity contribution in [1.82, 2.24) is 14.1 Å². The minimum absolute atomic E-state index is 0.0443. The summed E-state index contributed by atoms with van der Waals surface area (Å²) in [6, 6.07) is 13.4. The van der Waals surface area contributed by atoms with Crippen molar-refractivity contribution in [3.8, 4) is 11.8 Å². The zero-order valence-electron chi connectivity index (χ0n) is 13.4. The molecular formula is C20H15N3O. The standard InChI is InChI=1S/C20H15N3O/c1-22-13-21-12-15(22)9-7-14-8-10-19-17(11-14)20(24)16-5-3-4-6-18(16)23(19)2/h3-6,8,10-13H,1-2H3. The van der Waals surface area contributed by atoms with Crippen LogP contribution in [0, 0.1) is 11.8 Å². The summed E-state index contributed by atoms with van der Waals surface area (Å²) < 4.78 is 3.91. The summed E-state index contributed by atoms with van der Waals surface area (Å²) in [5, 5.41) is 1.41. The Morgan fingerprint density at radius 1 is 0.958 bits per heavy atom. The first kappa shape index (κ1) is 14.3. The summed E-state index contributed by atoms with van der Waals surface area (Å²) in [6.45, 7) is 0. The van der Waals surface area contributed by atoms with Gasteiger partial charge in [-0.2, -0.15) is 0 Å². The number of hydrogen-bond donors (Lipinski definition) is 0. The predicted molar refractivity (Wildman–Crippen MR) is 95.9 cm³/mol. The first-order chi connectivity index (χ1) is 11.6. The van der Waals surface area contributed by atoms with E-state index in [0.717, 1.165) is 27.7 Å². The average Bonchev–Trinajstić information content (AvgIpc) is 3.03.